The van der Waals surface area contributed by atoms with E-state index < -0.39 is 137 Å². The van der Waals surface area contributed by atoms with Crippen LogP contribution in [0.3, 0.4) is 0 Å². The number of hydrogen-bond donors (Lipinski definition) is 6. The number of aromatic hydroxyl groups is 3. The van der Waals surface area contributed by atoms with Gasteiger partial charge in [-0.05, 0) is 61.9 Å². The second-order valence-electron chi connectivity index (χ2n) is 16.1. The van der Waals surface area contributed by atoms with Crippen LogP contribution < -0.4 is 42.6 Å². The standard InChI is InChI=1S/C44H42N4O14/c1-7-17(4)24-13-21-30(43(59)48(24)15-27(51)47-14-23(46-41(57)18(47)5)42(58)45-22(44(60)61)12-16(2)3)36(53)28-19(35(21)52)8-9-20-29(28)37(54)33-34(40(20)62-6)39(56)32-26(50)11-10-25(49)31(32)38(33)55/h8-11,13,16-18,22-23,52,55-56H,7,12,14-15H2,1-6H3,(H,45,58)(H,46,57)(H,60,61)/t17?,18?,22-,23?/m0/s1. The molecular weight excluding hydrogens is 808 g/mol. The van der Waals surface area contributed by atoms with Gasteiger partial charge in [0.05, 0.1) is 40.6 Å². The van der Waals surface area contributed by atoms with Gasteiger partial charge in [0.1, 0.15) is 47.7 Å². The number of fused-ring (bicyclic) bond motifs is 6. The summed E-state index contributed by atoms with van der Waals surface area (Å²) in [6, 6.07) is 1.99. The number of carboxylic acids is 1. The zero-order valence-corrected chi connectivity index (χ0v) is 34.4. The first-order chi connectivity index (χ1) is 29.2. The van der Waals surface area contributed by atoms with Gasteiger partial charge in [0.25, 0.3) is 5.56 Å². The molecule has 0 saturated carbocycles. The number of amides is 3. The maximum Gasteiger partial charge on any atom is 0.326 e. The molecule has 1 aliphatic heterocycles. The van der Waals surface area contributed by atoms with Crippen molar-refractivity contribution in [2.24, 2.45) is 5.92 Å². The van der Waals surface area contributed by atoms with Crippen molar-refractivity contribution >= 4 is 77.6 Å². The lowest BCUT2D eigenvalue weighted by molar-refractivity contribution is -0.148. The quantitative estimate of drug-likeness (QED) is 0.0653. The molecule has 0 aliphatic carbocycles. The highest BCUT2D eigenvalue weighted by Crippen LogP contribution is 2.46. The molecule has 18 nitrogen and oxygen atoms in total. The Morgan fingerprint density at radius 1 is 0.806 bits per heavy atom. The molecule has 0 spiro atoms. The number of pyridine rings is 1. The average Bonchev–Trinajstić information content (AvgIpc) is 3.22. The largest absolute Gasteiger partial charge is 0.507 e. The molecule has 1 aliphatic rings. The number of aliphatic carboxylic acids is 1. The number of hydrogen-bond acceptors (Lipinski definition) is 13. The summed E-state index contributed by atoms with van der Waals surface area (Å²) in [5.41, 5.74) is -4.71. The monoisotopic (exact) mass is 850 g/mol. The maximum atomic E-state index is 14.8. The SMILES string of the molecule is CCC(C)c1cc2c(O)c3ccc4c(OC)c5c(O)c6c(=O)ccc(=O)c6c(O)c5c(=O)c4c3c(=O)c2c(=O)n1CC(=O)N1CC(C(=O)N[C@@H](CC(C)C)C(=O)O)NC(=O)C1C. The average molecular weight is 851 g/mol. The number of carbonyl (C=O) groups excluding carboxylic acids is 3. The summed E-state index contributed by atoms with van der Waals surface area (Å²) in [4.78, 5) is 123. The summed E-state index contributed by atoms with van der Waals surface area (Å²) in [6.45, 7) is 7.36. The van der Waals surface area contributed by atoms with Crippen LogP contribution in [0, 0.1) is 5.92 Å². The first kappa shape index (κ1) is 42.7. The molecule has 5 aromatic carbocycles. The summed E-state index contributed by atoms with van der Waals surface area (Å²) in [7, 11) is 1.16. The lowest BCUT2D eigenvalue weighted by Crippen LogP contribution is -2.65. The highest BCUT2D eigenvalue weighted by atomic mass is 16.5. The van der Waals surface area contributed by atoms with Crippen molar-refractivity contribution < 1.29 is 44.3 Å². The van der Waals surface area contributed by atoms with Gasteiger partial charge in [-0.25, -0.2) is 4.79 Å². The van der Waals surface area contributed by atoms with Crippen LogP contribution in [-0.4, -0.2) is 85.4 Å². The highest BCUT2D eigenvalue weighted by molar-refractivity contribution is 6.24. The van der Waals surface area contributed by atoms with E-state index in [2.05, 4.69) is 10.6 Å². The minimum absolute atomic E-state index is 0.0975. The van der Waals surface area contributed by atoms with Crippen LogP contribution in [-0.2, 0) is 25.7 Å². The molecule has 1 fully saturated rings. The molecule has 2 heterocycles. The molecule has 3 amide bonds. The van der Waals surface area contributed by atoms with Gasteiger partial charge < -0.3 is 45.3 Å². The molecule has 4 atom stereocenters. The Hall–Kier alpha value is -7.37. The van der Waals surface area contributed by atoms with E-state index in [1.165, 1.54) is 25.1 Å². The lowest BCUT2D eigenvalue weighted by atomic mass is 9.91. The van der Waals surface area contributed by atoms with Crippen LogP contribution in [0.1, 0.15) is 59.1 Å². The predicted octanol–water partition coefficient (Wildman–Crippen LogP) is 1.90. The van der Waals surface area contributed by atoms with Gasteiger partial charge in [0, 0.05) is 32.6 Å². The third kappa shape index (κ3) is 6.53. The zero-order valence-electron chi connectivity index (χ0n) is 34.4. The van der Waals surface area contributed by atoms with Gasteiger partial charge in [-0.2, -0.15) is 0 Å². The summed E-state index contributed by atoms with van der Waals surface area (Å²) in [5.74, 6) is -6.85. The minimum Gasteiger partial charge on any atom is -0.507 e. The van der Waals surface area contributed by atoms with Crippen molar-refractivity contribution in [3.63, 3.8) is 0 Å². The molecule has 322 valence electrons. The fourth-order valence-electron chi connectivity index (χ4n) is 8.51. The van der Waals surface area contributed by atoms with E-state index in [0.29, 0.717) is 6.42 Å². The van der Waals surface area contributed by atoms with Gasteiger partial charge in [0.15, 0.2) is 16.3 Å². The van der Waals surface area contributed by atoms with Crippen LogP contribution in [0.4, 0.5) is 0 Å². The Morgan fingerprint density at radius 3 is 1.97 bits per heavy atom. The molecule has 6 N–H and O–H groups in total. The van der Waals surface area contributed by atoms with E-state index in [9.17, 15) is 63.6 Å². The topological polar surface area (TPSA) is 276 Å². The second kappa shape index (κ2) is 15.6. The molecule has 6 aromatic rings. The van der Waals surface area contributed by atoms with Gasteiger partial charge in [-0.15, -0.1) is 0 Å². The number of ether oxygens (including phenoxy) is 1. The Kier molecular flexibility index (Phi) is 10.7. The van der Waals surface area contributed by atoms with Gasteiger partial charge in [-0.3, -0.25) is 38.4 Å². The number of nitrogens with zero attached hydrogens (tertiary/aromatic N) is 2. The van der Waals surface area contributed by atoms with Crippen molar-refractivity contribution in [1.29, 1.82) is 0 Å². The Balaban J connectivity index is 1.44. The smallest absolute Gasteiger partial charge is 0.326 e. The summed E-state index contributed by atoms with van der Waals surface area (Å²) in [5, 5.41) is 44.8. The van der Waals surface area contributed by atoms with Crippen molar-refractivity contribution in [2.45, 2.75) is 78.0 Å². The van der Waals surface area contributed by atoms with Crippen molar-refractivity contribution in [3.05, 3.63) is 87.3 Å². The van der Waals surface area contributed by atoms with E-state index in [1.807, 2.05) is 0 Å². The normalized spacial score (nSPS) is 16.6. The number of benzene rings is 5. The van der Waals surface area contributed by atoms with E-state index in [0.717, 1.165) is 28.7 Å². The Labute approximate surface area is 349 Å². The molecular formula is C44H42N4O14. The van der Waals surface area contributed by atoms with E-state index in [-0.39, 0.29) is 46.5 Å². The number of rotatable bonds is 10. The molecule has 7 rings (SSSR count). The molecule has 62 heavy (non-hydrogen) atoms. The second-order valence-corrected chi connectivity index (χ2v) is 16.1. The number of nitrogens with one attached hydrogen (secondary N) is 2. The zero-order chi connectivity index (χ0) is 45.4. The van der Waals surface area contributed by atoms with E-state index >= 15 is 0 Å². The molecule has 18 heteroatoms. The van der Waals surface area contributed by atoms with Crippen LogP contribution in [0.5, 0.6) is 23.0 Å². The van der Waals surface area contributed by atoms with Crippen molar-refractivity contribution in [3.8, 4) is 23.0 Å². The number of carboxylic acid groups (broad SMARTS) is 1. The number of methoxy groups -OCH3 is 1. The van der Waals surface area contributed by atoms with Gasteiger partial charge in [-0.1, -0.05) is 27.7 Å². The number of carbonyl (C=O) groups is 4. The number of aromatic nitrogens is 1. The highest BCUT2D eigenvalue weighted by Gasteiger charge is 2.39. The molecule has 0 bridgehead atoms. The number of phenolic OH excluding ortho intramolecular Hbond substituents is 3. The third-order valence-corrected chi connectivity index (χ3v) is 11.9. The van der Waals surface area contributed by atoms with E-state index in [4.69, 9.17) is 4.74 Å². The van der Waals surface area contributed by atoms with Gasteiger partial charge in [0.2, 0.25) is 23.2 Å². The predicted molar refractivity (Wildman–Crippen MR) is 228 cm³/mol. The van der Waals surface area contributed by atoms with Crippen LogP contribution in [0.2, 0.25) is 0 Å². The molecule has 1 aromatic heterocycles. The van der Waals surface area contributed by atoms with E-state index in [1.54, 1.807) is 27.7 Å². The summed E-state index contributed by atoms with van der Waals surface area (Å²) >= 11 is 0. The Bertz CT molecular complexity index is 3260. The van der Waals surface area contributed by atoms with Crippen molar-refractivity contribution in [1.82, 2.24) is 20.1 Å². The van der Waals surface area contributed by atoms with Crippen molar-refractivity contribution in [2.75, 3.05) is 13.7 Å². The Morgan fingerprint density at radius 2 is 1.39 bits per heavy atom. The minimum atomic E-state index is -1.35. The lowest BCUT2D eigenvalue weighted by Gasteiger charge is -2.37. The fraction of sp³-hybridized carbons (Fsp3) is 0.341. The number of phenols is 3. The molecule has 0 radical (unpaired) electrons. The summed E-state index contributed by atoms with van der Waals surface area (Å²) < 4.78 is 6.62. The molecule has 3 unspecified atom stereocenters. The van der Waals surface area contributed by atoms with Crippen LogP contribution in [0.25, 0.3) is 53.9 Å². The van der Waals surface area contributed by atoms with Crippen LogP contribution >= 0.6 is 0 Å². The van der Waals surface area contributed by atoms with Crippen LogP contribution in [0.15, 0.2) is 54.3 Å². The maximum absolute atomic E-state index is 14.8. The van der Waals surface area contributed by atoms with Gasteiger partial charge >= 0.3 is 5.97 Å². The fourth-order valence-corrected chi connectivity index (χ4v) is 8.51. The molecule has 1 saturated heterocycles. The number of piperazine rings is 1. The third-order valence-electron chi connectivity index (χ3n) is 11.9. The first-order valence-corrected chi connectivity index (χ1v) is 19.8. The summed E-state index contributed by atoms with van der Waals surface area (Å²) in [6.07, 6.45) is 0.520. The first-order valence-electron chi connectivity index (χ1n) is 19.8.